The van der Waals surface area contributed by atoms with E-state index in [2.05, 4.69) is 0 Å². The summed E-state index contributed by atoms with van der Waals surface area (Å²) in [5.41, 5.74) is -0.563. The fraction of sp³-hybridized carbons (Fsp3) is 0.571. The van der Waals surface area contributed by atoms with Gasteiger partial charge in [-0.2, -0.15) is 0 Å². The molecule has 3 rings (SSSR count). The molecule has 1 aromatic carbocycles. The normalized spacial score (nSPS) is 28.2. The fourth-order valence-corrected chi connectivity index (χ4v) is 3.57. The van der Waals surface area contributed by atoms with Crippen LogP contribution in [0.2, 0.25) is 0 Å². The van der Waals surface area contributed by atoms with E-state index in [-0.39, 0.29) is 51.4 Å². The molecule has 0 aromatic heterocycles. The largest absolute Gasteiger partial charge is 1.00 e. The molecule has 20 heavy (non-hydrogen) atoms. The number of rotatable bonds is 4. The Kier molecular flexibility index (Phi) is 5.68. The van der Waals surface area contributed by atoms with Crippen molar-refractivity contribution in [1.82, 2.24) is 0 Å². The Morgan fingerprint density at radius 3 is 2.25 bits per heavy atom. The average Bonchev–Trinajstić information content (AvgIpc) is 2.98. The topological polar surface area (TPSA) is 9.23 Å². The Bertz CT molecular complexity index is 449. The molecule has 0 saturated heterocycles. The summed E-state index contributed by atoms with van der Waals surface area (Å²) in [5, 5.41) is 0. The first kappa shape index (κ1) is 16.9. The molecular weight excluding hydrogens is 291 g/mol. The Labute approximate surface area is 160 Å². The first-order chi connectivity index (χ1) is 9.02. The number of ether oxygens (including phenoxy) is 1. The van der Waals surface area contributed by atoms with Crippen LogP contribution in [0.1, 0.15) is 25.7 Å². The van der Waals surface area contributed by atoms with Gasteiger partial charge in [-0.3, -0.25) is 0 Å². The van der Waals surface area contributed by atoms with Gasteiger partial charge in [0.2, 0.25) is 0 Å². The first-order valence-corrected chi connectivity index (χ1v) is 6.95. The summed E-state index contributed by atoms with van der Waals surface area (Å²) in [6.45, 7) is -4.25. The molecule has 3 unspecified atom stereocenters. The van der Waals surface area contributed by atoms with Crippen LogP contribution in [0.25, 0.3) is 0 Å². The van der Waals surface area contributed by atoms with Gasteiger partial charge in [-0.05, 0) is 49.1 Å². The van der Waals surface area contributed by atoms with E-state index in [0.29, 0.717) is 18.3 Å². The molecule has 2 aliphatic rings. The van der Waals surface area contributed by atoms with Crippen LogP contribution in [0.15, 0.2) is 24.3 Å². The monoisotopic (exact) mass is 308 g/mol. The molecule has 0 aliphatic heterocycles. The predicted molar refractivity (Wildman–Crippen MR) is 69.6 cm³/mol. The van der Waals surface area contributed by atoms with Gasteiger partial charge in [-0.15, -0.1) is 5.46 Å². The summed E-state index contributed by atoms with van der Waals surface area (Å²) in [5.74, 6) is 2.80. The molecule has 0 amide bonds. The van der Waals surface area contributed by atoms with E-state index in [1.807, 2.05) is 0 Å². The Hall–Kier alpha value is 0.511. The van der Waals surface area contributed by atoms with Crippen molar-refractivity contribution in [3.63, 3.8) is 0 Å². The minimum absolute atomic E-state index is 0. The number of hydrogen-bond acceptors (Lipinski definition) is 1. The van der Waals surface area contributed by atoms with E-state index >= 15 is 0 Å². The Balaban J connectivity index is 0.00000147. The molecule has 6 heteroatoms. The zero-order chi connectivity index (χ0) is 13.5. The molecule has 104 valence electrons. The molecule has 1 nitrogen and oxygen atoms in total. The van der Waals surface area contributed by atoms with Crippen LogP contribution in [-0.4, -0.2) is 13.6 Å². The van der Waals surface area contributed by atoms with Gasteiger partial charge in [0.05, 0.1) is 6.61 Å². The number of halogens is 3. The van der Waals surface area contributed by atoms with Crippen LogP contribution >= 0.6 is 0 Å². The maximum absolute atomic E-state index is 12.5. The van der Waals surface area contributed by atoms with Gasteiger partial charge < -0.3 is 17.7 Å². The standard InChI is InChI=1S/C14H17BF3O.K/c16-15(17,18)13-3-5-14(6-4-13)19-9-12-8-10-1-2-11(12)7-10;/h3-6,10-12H,1-2,7-9H2;/q-1;+1. The fourth-order valence-electron chi connectivity index (χ4n) is 3.57. The quantitative estimate of drug-likeness (QED) is 0.739. The molecule has 0 radical (unpaired) electrons. The number of benzene rings is 1. The van der Waals surface area contributed by atoms with Gasteiger partial charge in [-0.25, -0.2) is 0 Å². The Morgan fingerprint density at radius 2 is 1.75 bits per heavy atom. The molecule has 1 aromatic rings. The maximum Gasteiger partial charge on any atom is 1.00 e. The SMILES string of the molecule is F[B-](F)(F)c1ccc(OCC2CC3CCC2C3)cc1.[K+]. The second-order valence-corrected chi connectivity index (χ2v) is 5.89. The molecule has 0 heterocycles. The van der Waals surface area contributed by atoms with Gasteiger partial charge in [-0.1, -0.05) is 18.6 Å². The van der Waals surface area contributed by atoms with Gasteiger partial charge in [0.25, 0.3) is 0 Å². The second kappa shape index (κ2) is 6.73. The van der Waals surface area contributed by atoms with Gasteiger partial charge in [0.15, 0.2) is 0 Å². The van der Waals surface area contributed by atoms with Crippen molar-refractivity contribution in [2.75, 3.05) is 6.61 Å². The summed E-state index contributed by atoms with van der Waals surface area (Å²) in [6, 6.07) is 5.07. The van der Waals surface area contributed by atoms with Crippen molar-refractivity contribution in [2.24, 2.45) is 17.8 Å². The van der Waals surface area contributed by atoms with E-state index in [0.717, 1.165) is 24.0 Å². The Morgan fingerprint density at radius 1 is 1.05 bits per heavy atom. The molecule has 2 saturated carbocycles. The van der Waals surface area contributed by atoms with Crippen LogP contribution in [0.3, 0.4) is 0 Å². The summed E-state index contributed by atoms with van der Waals surface area (Å²) in [7, 11) is 0. The van der Waals surface area contributed by atoms with Crippen molar-refractivity contribution in [3.8, 4) is 5.75 Å². The van der Waals surface area contributed by atoms with Crippen LogP contribution in [0.5, 0.6) is 5.75 Å². The van der Waals surface area contributed by atoms with Crippen LogP contribution < -0.4 is 61.6 Å². The summed E-state index contributed by atoms with van der Waals surface area (Å²) in [4.78, 5) is 0. The third-order valence-corrected chi connectivity index (χ3v) is 4.61. The van der Waals surface area contributed by atoms with Gasteiger partial charge >= 0.3 is 58.4 Å². The van der Waals surface area contributed by atoms with Crippen molar-refractivity contribution in [2.45, 2.75) is 25.7 Å². The smallest absolute Gasteiger partial charge is 0.493 e. The molecule has 0 spiro atoms. The molecular formula is C14H17BF3KO. The second-order valence-electron chi connectivity index (χ2n) is 5.89. The van der Waals surface area contributed by atoms with Crippen LogP contribution in [-0.2, 0) is 0 Å². The van der Waals surface area contributed by atoms with Gasteiger partial charge in [0, 0.05) is 0 Å². The molecule has 2 aliphatic carbocycles. The van der Waals surface area contributed by atoms with Gasteiger partial charge in [0.1, 0.15) is 5.75 Å². The molecule has 0 N–H and O–H groups in total. The predicted octanol–water partition coefficient (Wildman–Crippen LogP) is 0.560. The summed E-state index contributed by atoms with van der Waals surface area (Å²) < 4.78 is 43.1. The maximum atomic E-state index is 12.5. The van der Waals surface area contributed by atoms with E-state index in [4.69, 9.17) is 4.74 Å². The van der Waals surface area contributed by atoms with Crippen molar-refractivity contribution in [3.05, 3.63) is 24.3 Å². The third kappa shape index (κ3) is 3.83. The molecule has 2 bridgehead atoms. The number of fused-ring (bicyclic) bond motifs is 2. The van der Waals surface area contributed by atoms with E-state index < -0.39 is 12.4 Å². The third-order valence-electron chi connectivity index (χ3n) is 4.61. The first-order valence-electron chi connectivity index (χ1n) is 6.95. The van der Waals surface area contributed by atoms with E-state index in [1.165, 1.54) is 37.8 Å². The van der Waals surface area contributed by atoms with Crippen LogP contribution in [0.4, 0.5) is 12.9 Å². The zero-order valence-electron chi connectivity index (χ0n) is 11.7. The van der Waals surface area contributed by atoms with Crippen molar-refractivity contribution < 1.29 is 69.1 Å². The minimum atomic E-state index is -4.90. The van der Waals surface area contributed by atoms with Crippen LogP contribution in [0, 0.1) is 17.8 Å². The molecule has 2 fully saturated rings. The number of hydrogen-bond donors (Lipinski definition) is 0. The molecule has 3 atom stereocenters. The van der Waals surface area contributed by atoms with E-state index in [9.17, 15) is 12.9 Å². The average molecular weight is 308 g/mol. The van der Waals surface area contributed by atoms with Crippen molar-refractivity contribution in [1.29, 1.82) is 0 Å². The van der Waals surface area contributed by atoms with E-state index in [1.54, 1.807) is 0 Å². The summed E-state index contributed by atoms with van der Waals surface area (Å²) >= 11 is 0. The van der Waals surface area contributed by atoms with Crippen molar-refractivity contribution >= 4 is 12.4 Å². The zero-order valence-corrected chi connectivity index (χ0v) is 14.8. The summed E-state index contributed by atoms with van der Waals surface area (Å²) in [6.07, 6.45) is 5.20. The minimum Gasteiger partial charge on any atom is -0.493 e.